The number of fused-ring (bicyclic) bond motifs is 1. The van der Waals surface area contributed by atoms with Crippen LogP contribution in [0, 0.1) is 12.8 Å². The predicted molar refractivity (Wildman–Crippen MR) is 149 cm³/mol. The zero-order valence-electron chi connectivity index (χ0n) is 22.9. The van der Waals surface area contributed by atoms with Gasteiger partial charge in [0.25, 0.3) is 0 Å². The summed E-state index contributed by atoms with van der Waals surface area (Å²) >= 11 is 0. The number of aromatic nitrogens is 6. The van der Waals surface area contributed by atoms with Crippen molar-refractivity contribution < 1.29 is 14.3 Å². The Bertz CT molecular complexity index is 1460. The highest BCUT2D eigenvalue weighted by molar-refractivity contribution is 6.76. The SMILES string of the molecule is Cc1cc(-c2n[nH]c(COCC[Si](C)(C)C)n2)ccc1-c1cnn2ccc(N3C(=O)OC[C@@H]3C(C)C)nc12. The van der Waals surface area contributed by atoms with E-state index in [9.17, 15) is 4.79 Å². The largest absolute Gasteiger partial charge is 0.447 e. The Morgan fingerprint density at radius 2 is 2.00 bits per heavy atom. The number of amides is 1. The minimum atomic E-state index is -1.12. The molecule has 1 saturated heterocycles. The van der Waals surface area contributed by atoms with E-state index in [-0.39, 0.29) is 18.1 Å². The lowest BCUT2D eigenvalue weighted by molar-refractivity contribution is 0.127. The second kappa shape index (κ2) is 10.3. The molecular formula is C27H35N7O3Si. The standard InChI is InChI=1S/C27H35N7O3Si/c1-17(2)22-15-37-27(35)34(22)24-9-10-33-26(30-24)21(14-28-33)20-8-7-19(13-18(20)3)25-29-23(31-32-25)16-36-11-12-38(4,5)6/h7-10,13-14,17,22H,11-12,15-16H2,1-6H3,(H,29,31,32)/t22-/m1/s1. The number of ether oxygens (including phenoxy) is 2. The molecule has 0 unspecified atom stereocenters. The molecule has 11 heteroatoms. The average molecular weight is 534 g/mol. The topological polar surface area (TPSA) is 111 Å². The molecule has 0 spiro atoms. The van der Waals surface area contributed by atoms with Crippen LogP contribution in [0.3, 0.4) is 0 Å². The monoisotopic (exact) mass is 533 g/mol. The van der Waals surface area contributed by atoms with Crippen molar-refractivity contribution in [3.8, 4) is 22.5 Å². The summed E-state index contributed by atoms with van der Waals surface area (Å²) in [6, 6.07) is 8.97. The lowest BCUT2D eigenvalue weighted by atomic mass is 10.00. The van der Waals surface area contributed by atoms with Gasteiger partial charge in [-0.2, -0.15) is 10.2 Å². The van der Waals surface area contributed by atoms with Crippen LogP contribution in [-0.2, 0) is 16.1 Å². The van der Waals surface area contributed by atoms with Gasteiger partial charge in [-0.3, -0.25) is 10.00 Å². The van der Waals surface area contributed by atoms with Gasteiger partial charge in [-0.05, 0) is 42.1 Å². The highest BCUT2D eigenvalue weighted by Gasteiger charge is 2.37. The molecule has 0 aliphatic carbocycles. The summed E-state index contributed by atoms with van der Waals surface area (Å²) < 4.78 is 12.8. The number of carbonyl (C=O) groups excluding carboxylic acids is 1. The van der Waals surface area contributed by atoms with Crippen LogP contribution in [0.2, 0.25) is 25.7 Å². The molecule has 0 bridgehead atoms. The van der Waals surface area contributed by atoms with Gasteiger partial charge in [0.05, 0.1) is 12.2 Å². The number of anilines is 1. The smallest absolute Gasteiger partial charge is 0.415 e. The van der Waals surface area contributed by atoms with Gasteiger partial charge in [-0.1, -0.05) is 45.6 Å². The molecule has 4 heterocycles. The number of hydrogen-bond acceptors (Lipinski definition) is 7. The van der Waals surface area contributed by atoms with E-state index >= 15 is 0 Å². The number of carbonyl (C=O) groups is 1. The van der Waals surface area contributed by atoms with Crippen molar-refractivity contribution in [2.75, 3.05) is 18.1 Å². The fourth-order valence-electron chi connectivity index (χ4n) is 4.51. The second-order valence-electron chi connectivity index (χ2n) is 11.4. The summed E-state index contributed by atoms with van der Waals surface area (Å²) in [6.45, 7) is 14.7. The first-order valence-electron chi connectivity index (χ1n) is 13.0. The van der Waals surface area contributed by atoms with Gasteiger partial charge in [-0.25, -0.2) is 19.3 Å². The maximum Gasteiger partial charge on any atom is 0.415 e. The van der Waals surface area contributed by atoms with E-state index in [1.807, 2.05) is 25.3 Å². The van der Waals surface area contributed by atoms with Crippen molar-refractivity contribution in [2.24, 2.45) is 5.92 Å². The molecule has 200 valence electrons. The maximum absolute atomic E-state index is 12.5. The fourth-order valence-corrected chi connectivity index (χ4v) is 5.27. The Morgan fingerprint density at radius 3 is 2.74 bits per heavy atom. The first kappa shape index (κ1) is 26.1. The summed E-state index contributed by atoms with van der Waals surface area (Å²) in [6.07, 6.45) is 3.27. The van der Waals surface area contributed by atoms with Gasteiger partial charge in [0.15, 0.2) is 17.3 Å². The van der Waals surface area contributed by atoms with E-state index < -0.39 is 8.07 Å². The van der Waals surface area contributed by atoms with E-state index in [4.69, 9.17) is 14.5 Å². The summed E-state index contributed by atoms with van der Waals surface area (Å²) in [5.74, 6) is 2.16. The number of aryl methyl sites for hydroxylation is 1. The number of nitrogens with zero attached hydrogens (tertiary/aromatic N) is 6. The van der Waals surface area contributed by atoms with Crippen molar-refractivity contribution >= 4 is 25.6 Å². The van der Waals surface area contributed by atoms with Crippen LogP contribution in [0.25, 0.3) is 28.2 Å². The molecule has 1 aliphatic heterocycles. The summed E-state index contributed by atoms with van der Waals surface area (Å²) in [5, 5.41) is 11.9. The van der Waals surface area contributed by atoms with E-state index in [1.54, 1.807) is 21.7 Å². The Labute approximate surface area is 223 Å². The number of rotatable bonds is 9. The average Bonchev–Trinajstić information content (AvgIpc) is 3.59. The molecular weight excluding hydrogens is 498 g/mol. The molecule has 1 aromatic carbocycles. The quantitative estimate of drug-likeness (QED) is 0.229. The van der Waals surface area contributed by atoms with Gasteiger partial charge < -0.3 is 9.47 Å². The van der Waals surface area contributed by atoms with Crippen molar-refractivity contribution in [3.05, 3.63) is 48.0 Å². The second-order valence-corrected chi connectivity index (χ2v) is 17.0. The minimum absolute atomic E-state index is 0.0539. The molecule has 1 N–H and O–H groups in total. The van der Waals surface area contributed by atoms with E-state index in [0.29, 0.717) is 30.5 Å². The third-order valence-corrected chi connectivity index (χ3v) is 8.52. The van der Waals surface area contributed by atoms with Crippen LogP contribution in [0.15, 0.2) is 36.7 Å². The van der Waals surface area contributed by atoms with E-state index in [1.165, 1.54) is 0 Å². The Morgan fingerprint density at radius 1 is 1.18 bits per heavy atom. The normalized spacial score (nSPS) is 16.1. The summed E-state index contributed by atoms with van der Waals surface area (Å²) in [7, 11) is -1.12. The number of cyclic esters (lactones) is 1. The Balaban J connectivity index is 1.37. The molecule has 3 aromatic heterocycles. The zero-order chi connectivity index (χ0) is 27.0. The van der Waals surface area contributed by atoms with E-state index in [2.05, 4.69) is 59.8 Å². The molecule has 5 rings (SSSR count). The predicted octanol–water partition coefficient (Wildman–Crippen LogP) is 5.33. The Hall–Kier alpha value is -3.57. The van der Waals surface area contributed by atoms with Gasteiger partial charge >= 0.3 is 6.09 Å². The Kier molecular flexibility index (Phi) is 7.06. The minimum Gasteiger partial charge on any atom is -0.447 e. The molecule has 10 nitrogen and oxygen atoms in total. The number of nitrogens with one attached hydrogen (secondary N) is 1. The summed E-state index contributed by atoms with van der Waals surface area (Å²) in [5.41, 5.74) is 4.53. The lowest BCUT2D eigenvalue weighted by Crippen LogP contribution is -2.37. The van der Waals surface area contributed by atoms with Crippen molar-refractivity contribution in [1.29, 1.82) is 0 Å². The lowest BCUT2D eigenvalue weighted by Gasteiger charge is -2.23. The number of benzene rings is 1. The van der Waals surface area contributed by atoms with Crippen LogP contribution >= 0.6 is 0 Å². The van der Waals surface area contributed by atoms with Crippen LogP contribution in [0.1, 0.15) is 25.2 Å². The van der Waals surface area contributed by atoms with Crippen LogP contribution < -0.4 is 4.90 Å². The molecule has 4 aromatic rings. The van der Waals surface area contributed by atoms with Gasteiger partial charge in [0.1, 0.15) is 19.0 Å². The third kappa shape index (κ3) is 5.34. The highest BCUT2D eigenvalue weighted by Crippen LogP contribution is 2.32. The maximum atomic E-state index is 12.5. The van der Waals surface area contributed by atoms with Crippen LogP contribution in [0.4, 0.5) is 10.6 Å². The highest BCUT2D eigenvalue weighted by atomic mass is 28.3. The van der Waals surface area contributed by atoms with Gasteiger partial charge in [-0.15, -0.1) is 0 Å². The number of hydrogen-bond donors (Lipinski definition) is 1. The van der Waals surface area contributed by atoms with Crippen molar-refractivity contribution in [2.45, 2.75) is 59.1 Å². The van der Waals surface area contributed by atoms with Crippen LogP contribution in [0.5, 0.6) is 0 Å². The third-order valence-electron chi connectivity index (χ3n) is 6.82. The number of aromatic amines is 1. The molecule has 38 heavy (non-hydrogen) atoms. The molecule has 0 saturated carbocycles. The molecule has 1 aliphatic rings. The van der Waals surface area contributed by atoms with Crippen LogP contribution in [-0.4, -0.2) is 63.2 Å². The molecule has 1 amide bonds. The zero-order valence-corrected chi connectivity index (χ0v) is 23.9. The molecule has 1 atom stereocenters. The van der Waals surface area contributed by atoms with Crippen molar-refractivity contribution in [3.63, 3.8) is 0 Å². The fraction of sp³-hybridized carbons (Fsp3) is 0.444. The van der Waals surface area contributed by atoms with Gasteiger partial charge in [0, 0.05) is 32.0 Å². The van der Waals surface area contributed by atoms with Gasteiger partial charge in [0.2, 0.25) is 0 Å². The molecule has 0 radical (unpaired) electrons. The summed E-state index contributed by atoms with van der Waals surface area (Å²) in [4.78, 5) is 23.6. The first-order valence-corrected chi connectivity index (χ1v) is 16.7. The van der Waals surface area contributed by atoms with Crippen molar-refractivity contribution in [1.82, 2.24) is 29.8 Å². The number of H-pyrrole nitrogens is 1. The molecule has 1 fully saturated rings. The van der Waals surface area contributed by atoms with E-state index in [0.717, 1.165) is 40.7 Å². The first-order chi connectivity index (χ1) is 18.1.